The van der Waals surface area contributed by atoms with Gasteiger partial charge >= 0.3 is 12.1 Å². The number of pyridine rings is 1. The molecule has 0 spiro atoms. The number of nitrogens with zero attached hydrogens (tertiary/aromatic N) is 5. The first-order chi connectivity index (χ1) is 13.8. The van der Waals surface area contributed by atoms with E-state index in [1.165, 1.54) is 29.2 Å². The molecule has 3 aromatic heterocycles. The zero-order valence-corrected chi connectivity index (χ0v) is 16.1. The Morgan fingerprint density at radius 3 is 2.69 bits per heavy atom. The molecule has 1 fully saturated rings. The van der Waals surface area contributed by atoms with E-state index in [-0.39, 0.29) is 17.5 Å². The number of ether oxygens (including phenoxy) is 1. The lowest BCUT2D eigenvalue weighted by Crippen LogP contribution is -2.36. The number of alkyl halides is 3. The lowest BCUT2D eigenvalue weighted by Gasteiger charge is -2.29. The van der Waals surface area contributed by atoms with Crippen LogP contribution in [-0.4, -0.2) is 45.8 Å². The number of hydrogen-bond acceptors (Lipinski definition) is 8. The van der Waals surface area contributed by atoms with Gasteiger partial charge in [0.05, 0.1) is 30.5 Å². The molecule has 154 valence electrons. The van der Waals surface area contributed by atoms with E-state index in [2.05, 4.69) is 20.0 Å². The maximum atomic E-state index is 13.1. The molecule has 0 saturated carbocycles. The Balaban J connectivity index is 1.55. The zero-order chi connectivity index (χ0) is 20.8. The molecule has 0 radical (unpaired) electrons. The lowest BCUT2D eigenvalue weighted by atomic mass is 9.97. The number of fused-ring (bicyclic) bond motifs is 1. The summed E-state index contributed by atoms with van der Waals surface area (Å²) in [7, 11) is 1.39. The first-order valence-electron chi connectivity index (χ1n) is 8.78. The van der Waals surface area contributed by atoms with Gasteiger partial charge in [0.25, 0.3) is 0 Å². The van der Waals surface area contributed by atoms with Gasteiger partial charge in [-0.15, -0.1) is 5.10 Å². The van der Waals surface area contributed by atoms with Crippen molar-refractivity contribution in [3.05, 3.63) is 24.0 Å². The fourth-order valence-corrected chi connectivity index (χ4v) is 4.21. The van der Waals surface area contributed by atoms with Crippen LogP contribution in [0.2, 0.25) is 0 Å². The monoisotopic (exact) mass is 426 g/mol. The number of aromatic nitrogens is 4. The number of carbonyl (C=O) groups excluding carboxylic acids is 1. The van der Waals surface area contributed by atoms with Crippen LogP contribution in [0.1, 0.15) is 18.4 Å². The maximum absolute atomic E-state index is 13.1. The largest absolute Gasteiger partial charge is 0.469 e. The van der Waals surface area contributed by atoms with Gasteiger partial charge < -0.3 is 15.4 Å². The first kappa shape index (κ1) is 19.4. The van der Waals surface area contributed by atoms with Crippen molar-refractivity contribution in [3.63, 3.8) is 0 Å². The van der Waals surface area contributed by atoms with Crippen molar-refractivity contribution in [3.8, 4) is 11.3 Å². The van der Waals surface area contributed by atoms with Gasteiger partial charge in [0.1, 0.15) is 5.82 Å². The molecule has 29 heavy (non-hydrogen) atoms. The van der Waals surface area contributed by atoms with E-state index in [0.29, 0.717) is 36.6 Å². The van der Waals surface area contributed by atoms with Gasteiger partial charge in [0.2, 0.25) is 10.1 Å². The molecule has 12 heteroatoms. The van der Waals surface area contributed by atoms with Crippen molar-refractivity contribution in [2.75, 3.05) is 30.8 Å². The Kier molecular flexibility index (Phi) is 4.81. The van der Waals surface area contributed by atoms with Crippen LogP contribution in [0, 0.1) is 5.92 Å². The number of rotatable bonds is 3. The van der Waals surface area contributed by atoms with Gasteiger partial charge in [0, 0.05) is 24.8 Å². The van der Waals surface area contributed by atoms with E-state index in [0.717, 1.165) is 11.2 Å². The number of piperidine rings is 1. The van der Waals surface area contributed by atoms with E-state index < -0.39 is 17.6 Å². The van der Waals surface area contributed by atoms with Gasteiger partial charge in [-0.2, -0.15) is 13.2 Å². The van der Waals surface area contributed by atoms with Crippen molar-refractivity contribution < 1.29 is 22.7 Å². The Labute approximate surface area is 167 Å². The number of halogens is 3. The minimum absolute atomic E-state index is 0.104. The molecular formula is C17H17F3N6O2S. The fourth-order valence-electron chi connectivity index (χ4n) is 3.27. The summed E-state index contributed by atoms with van der Waals surface area (Å²) in [4.78, 5) is 22.3. The molecule has 2 N–H and O–H groups in total. The third kappa shape index (κ3) is 3.71. The minimum atomic E-state index is -4.59. The third-order valence-corrected chi connectivity index (χ3v) is 5.84. The van der Waals surface area contributed by atoms with Crippen LogP contribution in [0.4, 0.5) is 24.1 Å². The molecule has 0 atom stereocenters. The second-order valence-corrected chi connectivity index (χ2v) is 7.61. The van der Waals surface area contributed by atoms with Crippen LogP contribution in [0.3, 0.4) is 0 Å². The Hall–Kier alpha value is -2.89. The number of anilines is 2. The average molecular weight is 426 g/mol. The SMILES string of the molecule is COC(=O)C1CCN(c2nn3cc(-c4cnc(N)c(C(F)(F)F)c4)nc3s2)CC1. The highest BCUT2D eigenvalue weighted by atomic mass is 32.1. The summed E-state index contributed by atoms with van der Waals surface area (Å²) < 4.78 is 45.5. The molecule has 8 nitrogen and oxygen atoms in total. The molecule has 1 aliphatic heterocycles. The molecular weight excluding hydrogens is 409 g/mol. The maximum Gasteiger partial charge on any atom is 0.419 e. The number of methoxy groups -OCH3 is 1. The van der Waals surface area contributed by atoms with Gasteiger partial charge in [-0.05, 0) is 18.9 Å². The number of hydrogen-bond donors (Lipinski definition) is 1. The molecule has 0 aromatic carbocycles. The molecule has 0 unspecified atom stereocenters. The summed E-state index contributed by atoms with van der Waals surface area (Å²) in [5, 5.41) is 5.22. The van der Waals surface area contributed by atoms with Crippen molar-refractivity contribution in [2.45, 2.75) is 19.0 Å². The van der Waals surface area contributed by atoms with Gasteiger partial charge in [-0.25, -0.2) is 14.5 Å². The van der Waals surface area contributed by atoms with Crippen molar-refractivity contribution in [1.82, 2.24) is 19.6 Å². The number of imidazole rings is 1. The molecule has 1 saturated heterocycles. The molecule has 1 aliphatic rings. The fraction of sp³-hybridized carbons (Fsp3) is 0.412. The molecule has 0 bridgehead atoms. The average Bonchev–Trinajstić information content (AvgIpc) is 3.26. The van der Waals surface area contributed by atoms with Crippen molar-refractivity contribution in [2.24, 2.45) is 5.92 Å². The highest BCUT2D eigenvalue weighted by Gasteiger charge is 2.34. The van der Waals surface area contributed by atoms with Crippen LogP contribution in [0.15, 0.2) is 18.5 Å². The van der Waals surface area contributed by atoms with E-state index in [1.807, 2.05) is 0 Å². The Morgan fingerprint density at radius 1 is 1.34 bits per heavy atom. The number of nitrogen functional groups attached to an aromatic ring is 1. The number of carbonyl (C=O) groups is 1. The van der Waals surface area contributed by atoms with E-state index in [9.17, 15) is 18.0 Å². The van der Waals surface area contributed by atoms with Crippen molar-refractivity contribution >= 4 is 33.2 Å². The van der Waals surface area contributed by atoms with E-state index in [4.69, 9.17) is 10.5 Å². The second kappa shape index (κ2) is 7.17. The molecule has 0 aliphatic carbocycles. The molecule has 4 rings (SSSR count). The standard InChI is InChI=1S/C17H17F3N6O2S/c1-28-14(27)9-2-4-25(5-3-9)16-24-26-8-12(23-15(26)29-16)10-6-11(17(18,19)20)13(21)22-7-10/h6-9H,2-5H2,1H3,(H2,21,22). The molecule has 3 aromatic rings. The number of nitrogens with two attached hydrogens (primary N) is 1. The molecule has 0 amide bonds. The van der Waals surface area contributed by atoms with Gasteiger partial charge in [-0.1, -0.05) is 11.3 Å². The summed E-state index contributed by atoms with van der Waals surface area (Å²) in [6.45, 7) is 1.33. The normalized spacial score (nSPS) is 15.8. The summed E-state index contributed by atoms with van der Waals surface area (Å²) in [6.07, 6.45) is -0.417. The van der Waals surface area contributed by atoms with Crippen molar-refractivity contribution in [1.29, 1.82) is 0 Å². The predicted molar refractivity (Wildman–Crippen MR) is 100 cm³/mol. The van der Waals surface area contributed by atoms with Crippen LogP contribution in [-0.2, 0) is 15.7 Å². The lowest BCUT2D eigenvalue weighted by molar-refractivity contribution is -0.146. The minimum Gasteiger partial charge on any atom is -0.469 e. The Bertz CT molecular complexity index is 1020. The van der Waals surface area contributed by atoms with E-state index in [1.54, 1.807) is 6.20 Å². The van der Waals surface area contributed by atoms with Gasteiger partial charge in [-0.3, -0.25) is 4.79 Å². The summed E-state index contributed by atoms with van der Waals surface area (Å²) in [5.74, 6) is -0.871. The third-order valence-electron chi connectivity index (χ3n) is 4.85. The quantitative estimate of drug-likeness (QED) is 0.643. The van der Waals surface area contributed by atoms with Crippen LogP contribution in [0.25, 0.3) is 16.2 Å². The topological polar surface area (TPSA) is 98.6 Å². The van der Waals surface area contributed by atoms with Crippen LogP contribution in [0.5, 0.6) is 0 Å². The zero-order valence-electron chi connectivity index (χ0n) is 15.3. The number of esters is 1. The Morgan fingerprint density at radius 2 is 2.07 bits per heavy atom. The highest BCUT2D eigenvalue weighted by molar-refractivity contribution is 7.20. The van der Waals surface area contributed by atoms with E-state index >= 15 is 0 Å². The smallest absolute Gasteiger partial charge is 0.419 e. The van der Waals surface area contributed by atoms with Crippen LogP contribution < -0.4 is 10.6 Å². The predicted octanol–water partition coefficient (Wildman–Crippen LogP) is 2.84. The highest BCUT2D eigenvalue weighted by Crippen LogP contribution is 2.35. The summed E-state index contributed by atoms with van der Waals surface area (Å²) >= 11 is 1.33. The first-order valence-corrected chi connectivity index (χ1v) is 9.60. The van der Waals surface area contributed by atoms with Crippen LogP contribution >= 0.6 is 11.3 Å². The molecule has 4 heterocycles. The summed E-state index contributed by atoms with van der Waals surface area (Å²) in [5.41, 5.74) is 4.90. The van der Waals surface area contributed by atoms with Gasteiger partial charge in [0.15, 0.2) is 0 Å². The second-order valence-electron chi connectivity index (χ2n) is 6.68. The summed E-state index contributed by atoms with van der Waals surface area (Å²) in [6, 6.07) is 0.938.